The minimum absolute atomic E-state index is 0.0984. The number of halogens is 1. The minimum atomic E-state index is 0.0984. The van der Waals surface area contributed by atoms with E-state index >= 15 is 0 Å². The maximum absolute atomic E-state index is 13.0. The van der Waals surface area contributed by atoms with E-state index < -0.39 is 0 Å². The van der Waals surface area contributed by atoms with Gasteiger partial charge in [-0.05, 0) is 37.1 Å². The van der Waals surface area contributed by atoms with Gasteiger partial charge in [-0.2, -0.15) is 0 Å². The molecule has 1 aromatic heterocycles. The van der Waals surface area contributed by atoms with Crippen molar-refractivity contribution in [1.29, 1.82) is 0 Å². The monoisotopic (exact) mass is 336 g/mol. The molecule has 0 atom stereocenters. The minimum Gasteiger partial charge on any atom is -0.339 e. The van der Waals surface area contributed by atoms with E-state index in [0.717, 1.165) is 53.7 Å². The maximum atomic E-state index is 13.0. The van der Waals surface area contributed by atoms with Gasteiger partial charge in [-0.15, -0.1) is 0 Å². The number of pyridine rings is 1. The predicted octanol–water partition coefficient (Wildman–Crippen LogP) is 4.79. The van der Waals surface area contributed by atoms with Gasteiger partial charge < -0.3 is 4.90 Å². The molecule has 2 aromatic carbocycles. The van der Waals surface area contributed by atoms with Crippen LogP contribution >= 0.6 is 11.6 Å². The van der Waals surface area contributed by atoms with Crippen molar-refractivity contribution in [3.05, 3.63) is 65.2 Å². The van der Waals surface area contributed by atoms with Crippen LogP contribution in [0.5, 0.6) is 0 Å². The molecule has 4 heteroatoms. The second kappa shape index (κ2) is 6.25. The molecule has 2 heterocycles. The maximum Gasteiger partial charge on any atom is 0.254 e. The fourth-order valence-corrected chi connectivity index (χ4v) is 3.34. The molecule has 0 aliphatic carbocycles. The number of amides is 1. The van der Waals surface area contributed by atoms with Gasteiger partial charge in [0.1, 0.15) is 0 Å². The average Bonchev–Trinajstić information content (AvgIpc) is 3.15. The summed E-state index contributed by atoms with van der Waals surface area (Å²) in [6, 6.07) is 17.3. The van der Waals surface area contributed by atoms with Crippen molar-refractivity contribution in [1.82, 2.24) is 9.88 Å². The van der Waals surface area contributed by atoms with E-state index in [0.29, 0.717) is 5.02 Å². The molecule has 1 aliphatic rings. The lowest BCUT2D eigenvalue weighted by Gasteiger charge is -2.17. The molecule has 0 spiro atoms. The normalized spacial score (nSPS) is 14.3. The van der Waals surface area contributed by atoms with Crippen molar-refractivity contribution >= 4 is 28.4 Å². The molecule has 1 aliphatic heterocycles. The van der Waals surface area contributed by atoms with E-state index in [1.54, 1.807) is 0 Å². The third kappa shape index (κ3) is 2.76. The summed E-state index contributed by atoms with van der Waals surface area (Å²) >= 11 is 5.98. The number of hydrogen-bond donors (Lipinski definition) is 0. The Labute approximate surface area is 145 Å². The highest BCUT2D eigenvalue weighted by molar-refractivity contribution is 6.30. The average molecular weight is 337 g/mol. The number of hydrogen-bond acceptors (Lipinski definition) is 2. The second-order valence-corrected chi connectivity index (χ2v) is 6.51. The Morgan fingerprint density at radius 1 is 1.00 bits per heavy atom. The number of aromatic nitrogens is 1. The first kappa shape index (κ1) is 15.2. The van der Waals surface area contributed by atoms with E-state index in [4.69, 9.17) is 16.6 Å². The van der Waals surface area contributed by atoms with E-state index in [2.05, 4.69) is 0 Å². The summed E-state index contributed by atoms with van der Waals surface area (Å²) in [7, 11) is 0. The lowest BCUT2D eigenvalue weighted by molar-refractivity contribution is 0.0794. The van der Waals surface area contributed by atoms with Crippen LogP contribution in [0, 0.1) is 0 Å². The molecule has 0 radical (unpaired) electrons. The van der Waals surface area contributed by atoms with E-state index in [1.807, 2.05) is 59.5 Å². The number of carbonyl (C=O) groups is 1. The van der Waals surface area contributed by atoms with Crippen molar-refractivity contribution < 1.29 is 4.79 Å². The van der Waals surface area contributed by atoms with Crippen molar-refractivity contribution in [2.75, 3.05) is 13.1 Å². The number of nitrogens with zero attached hydrogens (tertiary/aromatic N) is 2. The van der Waals surface area contributed by atoms with Crippen molar-refractivity contribution in [3.8, 4) is 11.3 Å². The van der Waals surface area contributed by atoms with Gasteiger partial charge in [-0.1, -0.05) is 41.9 Å². The van der Waals surface area contributed by atoms with E-state index in [9.17, 15) is 4.79 Å². The quantitative estimate of drug-likeness (QED) is 0.674. The van der Waals surface area contributed by atoms with Gasteiger partial charge in [0.2, 0.25) is 0 Å². The van der Waals surface area contributed by atoms with Crippen LogP contribution in [0.25, 0.3) is 22.2 Å². The second-order valence-electron chi connectivity index (χ2n) is 6.08. The molecule has 3 aromatic rings. The summed E-state index contributed by atoms with van der Waals surface area (Å²) in [5.41, 5.74) is 3.33. The van der Waals surface area contributed by atoms with Crippen LogP contribution in [0.2, 0.25) is 5.02 Å². The predicted molar refractivity (Wildman–Crippen MR) is 97.3 cm³/mol. The number of benzene rings is 2. The van der Waals surface area contributed by atoms with Gasteiger partial charge in [-0.3, -0.25) is 4.79 Å². The Morgan fingerprint density at radius 3 is 2.46 bits per heavy atom. The first-order chi connectivity index (χ1) is 11.7. The lowest BCUT2D eigenvalue weighted by atomic mass is 10.0. The number of para-hydroxylation sites is 1. The summed E-state index contributed by atoms with van der Waals surface area (Å²) in [5.74, 6) is 0.0984. The van der Waals surface area contributed by atoms with Gasteiger partial charge in [-0.25, -0.2) is 4.98 Å². The van der Waals surface area contributed by atoms with Crippen molar-refractivity contribution in [3.63, 3.8) is 0 Å². The smallest absolute Gasteiger partial charge is 0.254 e. The molecular formula is C20H17ClN2O. The first-order valence-corrected chi connectivity index (χ1v) is 8.55. The Kier molecular flexibility index (Phi) is 3.95. The number of likely N-dealkylation sites (tertiary alicyclic amines) is 1. The van der Waals surface area contributed by atoms with E-state index in [1.165, 1.54) is 0 Å². The summed E-state index contributed by atoms with van der Waals surface area (Å²) in [6.07, 6.45) is 2.16. The van der Waals surface area contributed by atoms with Gasteiger partial charge in [0.15, 0.2) is 0 Å². The summed E-state index contributed by atoms with van der Waals surface area (Å²) in [4.78, 5) is 19.6. The number of rotatable bonds is 2. The van der Waals surface area contributed by atoms with Gasteiger partial charge >= 0.3 is 0 Å². The van der Waals surface area contributed by atoms with Gasteiger partial charge in [0.25, 0.3) is 5.91 Å². The van der Waals surface area contributed by atoms with Crippen LogP contribution < -0.4 is 0 Å². The number of fused-ring (bicyclic) bond motifs is 1. The molecule has 120 valence electrons. The Balaban J connectivity index is 1.87. The zero-order chi connectivity index (χ0) is 16.5. The number of carbonyl (C=O) groups excluding carboxylic acids is 1. The molecule has 1 saturated heterocycles. The van der Waals surface area contributed by atoms with Crippen LogP contribution in [0.3, 0.4) is 0 Å². The molecule has 4 rings (SSSR count). The molecule has 1 fully saturated rings. The highest BCUT2D eigenvalue weighted by atomic mass is 35.5. The van der Waals surface area contributed by atoms with Crippen LogP contribution in [-0.2, 0) is 0 Å². The lowest BCUT2D eigenvalue weighted by Crippen LogP contribution is -2.27. The van der Waals surface area contributed by atoms with Crippen LogP contribution in [0.4, 0.5) is 0 Å². The first-order valence-electron chi connectivity index (χ1n) is 8.17. The van der Waals surface area contributed by atoms with E-state index in [-0.39, 0.29) is 5.91 Å². The summed E-state index contributed by atoms with van der Waals surface area (Å²) in [5, 5.41) is 1.60. The van der Waals surface area contributed by atoms with Crippen LogP contribution in [0.1, 0.15) is 23.2 Å². The summed E-state index contributed by atoms with van der Waals surface area (Å²) < 4.78 is 0. The highest BCUT2D eigenvalue weighted by Gasteiger charge is 2.22. The third-order valence-electron chi connectivity index (χ3n) is 4.48. The third-order valence-corrected chi connectivity index (χ3v) is 4.73. The fourth-order valence-electron chi connectivity index (χ4n) is 3.21. The fraction of sp³-hybridized carbons (Fsp3) is 0.200. The van der Waals surface area contributed by atoms with Crippen molar-refractivity contribution in [2.45, 2.75) is 12.8 Å². The molecule has 24 heavy (non-hydrogen) atoms. The molecule has 0 N–H and O–H groups in total. The zero-order valence-electron chi connectivity index (χ0n) is 13.2. The standard InChI is InChI=1S/C20H17ClN2O/c21-15-9-7-14(8-10-15)19-13-17(20(24)23-11-3-4-12-23)16-5-1-2-6-18(16)22-19/h1-2,5-10,13H,3-4,11-12H2. The zero-order valence-corrected chi connectivity index (χ0v) is 14.0. The largest absolute Gasteiger partial charge is 0.339 e. The molecule has 0 saturated carbocycles. The van der Waals surface area contributed by atoms with Gasteiger partial charge in [0.05, 0.1) is 16.8 Å². The molecule has 3 nitrogen and oxygen atoms in total. The van der Waals surface area contributed by atoms with Crippen LogP contribution in [-0.4, -0.2) is 28.9 Å². The topological polar surface area (TPSA) is 33.2 Å². The Bertz CT molecular complexity index is 899. The molecule has 1 amide bonds. The highest BCUT2D eigenvalue weighted by Crippen LogP contribution is 2.27. The van der Waals surface area contributed by atoms with Crippen LogP contribution in [0.15, 0.2) is 54.6 Å². The van der Waals surface area contributed by atoms with Crippen molar-refractivity contribution in [2.24, 2.45) is 0 Å². The van der Waals surface area contributed by atoms with Gasteiger partial charge in [0, 0.05) is 29.1 Å². The Hall–Kier alpha value is -2.39. The molecule has 0 bridgehead atoms. The SMILES string of the molecule is O=C(c1cc(-c2ccc(Cl)cc2)nc2ccccc12)N1CCCC1. The summed E-state index contributed by atoms with van der Waals surface area (Å²) in [6.45, 7) is 1.68. The molecular weight excluding hydrogens is 320 g/mol. The Morgan fingerprint density at radius 2 is 1.71 bits per heavy atom. The molecule has 0 unspecified atom stereocenters.